The average Bonchev–Trinajstić information content (AvgIpc) is 2.06. The second kappa shape index (κ2) is 3.78. The molecular weight excluding hydrogens is 158 g/mol. The lowest BCUT2D eigenvalue weighted by atomic mass is 9.88. The van der Waals surface area contributed by atoms with Crippen LogP contribution in [0.3, 0.4) is 0 Å². The molecule has 3 heteroatoms. The van der Waals surface area contributed by atoms with Gasteiger partial charge in [0.05, 0.1) is 5.60 Å². The highest BCUT2D eigenvalue weighted by molar-refractivity contribution is 7.99. The van der Waals surface area contributed by atoms with Gasteiger partial charge in [-0.3, -0.25) is 4.84 Å². The lowest BCUT2D eigenvalue weighted by molar-refractivity contribution is -0.0590. The molecule has 1 saturated heterocycles. The molecule has 1 rings (SSSR count). The van der Waals surface area contributed by atoms with E-state index in [0.717, 1.165) is 0 Å². The van der Waals surface area contributed by atoms with Gasteiger partial charge in [-0.15, -0.1) is 0 Å². The van der Waals surface area contributed by atoms with Crippen molar-refractivity contribution in [1.29, 1.82) is 0 Å². The third-order valence-corrected chi connectivity index (χ3v) is 3.66. The maximum atomic E-state index is 5.23. The highest BCUT2D eigenvalue weighted by Crippen LogP contribution is 2.32. The van der Waals surface area contributed by atoms with Crippen molar-refractivity contribution < 1.29 is 4.84 Å². The van der Waals surface area contributed by atoms with E-state index in [1.807, 2.05) is 11.8 Å². The van der Waals surface area contributed by atoms with Crippen molar-refractivity contribution in [2.45, 2.75) is 32.3 Å². The Morgan fingerprint density at radius 2 is 2.27 bits per heavy atom. The van der Waals surface area contributed by atoms with Crippen LogP contribution in [0.25, 0.3) is 0 Å². The quantitative estimate of drug-likeness (QED) is 0.650. The van der Waals surface area contributed by atoms with Crippen LogP contribution < -0.4 is 5.90 Å². The molecule has 11 heavy (non-hydrogen) atoms. The van der Waals surface area contributed by atoms with Crippen LogP contribution >= 0.6 is 11.8 Å². The van der Waals surface area contributed by atoms with E-state index in [4.69, 9.17) is 10.7 Å². The van der Waals surface area contributed by atoms with Crippen LogP contribution in [0.1, 0.15) is 26.7 Å². The van der Waals surface area contributed by atoms with E-state index < -0.39 is 0 Å². The van der Waals surface area contributed by atoms with E-state index in [9.17, 15) is 0 Å². The van der Waals surface area contributed by atoms with Gasteiger partial charge in [0.2, 0.25) is 0 Å². The van der Waals surface area contributed by atoms with Crippen molar-refractivity contribution in [3.05, 3.63) is 0 Å². The summed E-state index contributed by atoms with van der Waals surface area (Å²) >= 11 is 2.01. The lowest BCUT2D eigenvalue weighted by Crippen LogP contribution is -2.39. The molecule has 1 fully saturated rings. The van der Waals surface area contributed by atoms with Crippen molar-refractivity contribution in [1.82, 2.24) is 0 Å². The van der Waals surface area contributed by atoms with Crippen LogP contribution in [0.15, 0.2) is 0 Å². The second-order valence-electron chi connectivity index (χ2n) is 3.64. The van der Waals surface area contributed by atoms with Crippen molar-refractivity contribution in [3.8, 4) is 0 Å². The molecule has 1 heterocycles. The minimum Gasteiger partial charge on any atom is -0.298 e. The summed E-state index contributed by atoms with van der Waals surface area (Å²) in [7, 11) is 0. The zero-order valence-corrected chi connectivity index (χ0v) is 8.12. The summed E-state index contributed by atoms with van der Waals surface area (Å²) in [6.07, 6.45) is 2.57. The SMILES string of the molecule is CC(C)(ON)C1CCCSC1. The molecule has 66 valence electrons. The Labute approximate surface area is 72.8 Å². The molecule has 0 aliphatic carbocycles. The summed E-state index contributed by atoms with van der Waals surface area (Å²) in [4.78, 5) is 4.96. The molecule has 1 aliphatic rings. The Kier molecular flexibility index (Phi) is 3.22. The highest BCUT2D eigenvalue weighted by atomic mass is 32.2. The molecular formula is C8H17NOS. The summed E-state index contributed by atoms with van der Waals surface area (Å²) in [5.74, 6) is 8.36. The van der Waals surface area contributed by atoms with E-state index in [0.29, 0.717) is 5.92 Å². The first-order valence-corrected chi connectivity index (χ1v) is 5.28. The first kappa shape index (κ1) is 9.36. The molecule has 0 amide bonds. The molecule has 0 aromatic carbocycles. The zero-order valence-electron chi connectivity index (χ0n) is 7.30. The number of hydrogen-bond acceptors (Lipinski definition) is 3. The van der Waals surface area contributed by atoms with Crippen LogP contribution in [0.5, 0.6) is 0 Å². The van der Waals surface area contributed by atoms with Crippen molar-refractivity contribution in [2.75, 3.05) is 11.5 Å². The molecule has 0 spiro atoms. The van der Waals surface area contributed by atoms with Gasteiger partial charge in [-0.2, -0.15) is 11.8 Å². The summed E-state index contributed by atoms with van der Waals surface area (Å²) in [5, 5.41) is 0. The van der Waals surface area contributed by atoms with Gasteiger partial charge in [0.1, 0.15) is 0 Å². The van der Waals surface area contributed by atoms with Crippen molar-refractivity contribution in [3.63, 3.8) is 0 Å². The zero-order chi connectivity index (χ0) is 8.32. The van der Waals surface area contributed by atoms with E-state index in [-0.39, 0.29) is 5.60 Å². The summed E-state index contributed by atoms with van der Waals surface area (Å²) in [6, 6.07) is 0. The summed E-state index contributed by atoms with van der Waals surface area (Å²) in [5.41, 5.74) is -0.132. The molecule has 0 aromatic rings. The van der Waals surface area contributed by atoms with Gasteiger partial charge < -0.3 is 0 Å². The third kappa shape index (κ3) is 2.36. The minimum absolute atomic E-state index is 0.132. The maximum absolute atomic E-state index is 5.23. The van der Waals surface area contributed by atoms with Gasteiger partial charge in [0.25, 0.3) is 0 Å². The predicted molar refractivity (Wildman–Crippen MR) is 49.4 cm³/mol. The second-order valence-corrected chi connectivity index (χ2v) is 4.79. The van der Waals surface area contributed by atoms with Gasteiger partial charge in [-0.1, -0.05) is 0 Å². The normalized spacial score (nSPS) is 27.0. The summed E-state index contributed by atoms with van der Waals surface area (Å²) in [6.45, 7) is 4.15. The fourth-order valence-electron chi connectivity index (χ4n) is 1.39. The Bertz CT molecular complexity index is 121. The van der Waals surface area contributed by atoms with Crippen LogP contribution in [-0.4, -0.2) is 17.1 Å². The van der Waals surface area contributed by atoms with Crippen LogP contribution in [-0.2, 0) is 4.84 Å². The molecule has 1 atom stereocenters. The molecule has 1 aliphatic heterocycles. The van der Waals surface area contributed by atoms with E-state index in [1.165, 1.54) is 24.3 Å². The lowest BCUT2D eigenvalue weighted by Gasteiger charge is -2.34. The number of rotatable bonds is 2. The molecule has 0 radical (unpaired) electrons. The van der Waals surface area contributed by atoms with Crippen LogP contribution in [0.2, 0.25) is 0 Å². The smallest absolute Gasteiger partial charge is 0.0873 e. The van der Waals surface area contributed by atoms with Gasteiger partial charge in [-0.25, -0.2) is 5.90 Å². The maximum Gasteiger partial charge on any atom is 0.0873 e. The van der Waals surface area contributed by atoms with Crippen molar-refractivity contribution in [2.24, 2.45) is 11.8 Å². The van der Waals surface area contributed by atoms with Gasteiger partial charge in [0.15, 0.2) is 0 Å². The highest BCUT2D eigenvalue weighted by Gasteiger charge is 2.31. The summed E-state index contributed by atoms with van der Waals surface area (Å²) < 4.78 is 0. The van der Waals surface area contributed by atoms with Gasteiger partial charge in [-0.05, 0) is 44.1 Å². The minimum atomic E-state index is -0.132. The standard InChI is InChI=1S/C8H17NOS/c1-8(2,10-9)7-4-3-5-11-6-7/h7H,3-6,9H2,1-2H3. The van der Waals surface area contributed by atoms with E-state index in [2.05, 4.69) is 13.8 Å². The molecule has 0 bridgehead atoms. The molecule has 1 unspecified atom stereocenters. The fraction of sp³-hybridized carbons (Fsp3) is 1.00. The molecule has 2 nitrogen and oxygen atoms in total. The van der Waals surface area contributed by atoms with Crippen LogP contribution in [0.4, 0.5) is 0 Å². The van der Waals surface area contributed by atoms with Crippen LogP contribution in [0, 0.1) is 5.92 Å². The largest absolute Gasteiger partial charge is 0.298 e. The Balaban J connectivity index is 2.43. The Morgan fingerprint density at radius 1 is 1.55 bits per heavy atom. The van der Waals surface area contributed by atoms with E-state index >= 15 is 0 Å². The Morgan fingerprint density at radius 3 is 2.73 bits per heavy atom. The first-order valence-electron chi connectivity index (χ1n) is 4.12. The van der Waals surface area contributed by atoms with Crippen molar-refractivity contribution >= 4 is 11.8 Å². The topological polar surface area (TPSA) is 35.2 Å². The predicted octanol–water partition coefficient (Wildman–Crippen LogP) is 1.80. The third-order valence-electron chi connectivity index (χ3n) is 2.45. The number of hydrogen-bond donors (Lipinski definition) is 1. The molecule has 0 aromatic heterocycles. The molecule has 2 N–H and O–H groups in total. The average molecular weight is 175 g/mol. The Hall–Kier alpha value is 0.270. The monoisotopic (exact) mass is 175 g/mol. The first-order chi connectivity index (χ1) is 5.17. The van der Waals surface area contributed by atoms with E-state index in [1.54, 1.807) is 0 Å². The van der Waals surface area contributed by atoms with Gasteiger partial charge in [0, 0.05) is 0 Å². The van der Waals surface area contributed by atoms with Gasteiger partial charge >= 0.3 is 0 Å². The fourth-order valence-corrected chi connectivity index (χ4v) is 2.78. The number of thioether (sulfide) groups is 1. The number of nitrogens with two attached hydrogens (primary N) is 1. The molecule has 0 saturated carbocycles.